The summed E-state index contributed by atoms with van der Waals surface area (Å²) in [6, 6.07) is 12.6. The average Bonchev–Trinajstić information content (AvgIpc) is 3.37. The van der Waals surface area contributed by atoms with Crippen LogP contribution in [0.25, 0.3) is 0 Å². The van der Waals surface area contributed by atoms with E-state index in [1.807, 2.05) is 6.07 Å². The predicted molar refractivity (Wildman–Crippen MR) is 129 cm³/mol. The number of aryl methyl sites for hydroxylation is 1. The Labute approximate surface area is 197 Å². The smallest absolute Gasteiger partial charge is 0.306 e. The number of fused-ring (bicyclic) bond motifs is 4. The standard InChI is InChI=1S/C26H25ClN4O2/c27-21-14-28-26(31-25(21)30-22-8-2-5-15-4-1-6-18(15)22)29-17-11-10-16-12-23-19(20(16)13-17)7-3-9-24(32)33-23/h2,5,8,10-11,13-14,19,23H,1,3-4,6-7,9,12H2,(H2,28,29,30,31). The maximum atomic E-state index is 11.9. The molecular formula is C26H25ClN4O2. The van der Waals surface area contributed by atoms with Crippen LogP contribution < -0.4 is 10.6 Å². The van der Waals surface area contributed by atoms with Gasteiger partial charge < -0.3 is 15.4 Å². The zero-order valence-corrected chi connectivity index (χ0v) is 19.0. The van der Waals surface area contributed by atoms with Crippen molar-refractivity contribution in [1.29, 1.82) is 0 Å². The van der Waals surface area contributed by atoms with Crippen LogP contribution in [-0.2, 0) is 28.8 Å². The monoisotopic (exact) mass is 460 g/mol. The minimum absolute atomic E-state index is 0.0413. The molecule has 0 bridgehead atoms. The Balaban J connectivity index is 1.24. The van der Waals surface area contributed by atoms with Gasteiger partial charge in [0.15, 0.2) is 5.82 Å². The minimum Gasteiger partial charge on any atom is -0.461 e. The van der Waals surface area contributed by atoms with Crippen molar-refractivity contribution in [2.45, 2.75) is 57.0 Å². The van der Waals surface area contributed by atoms with Crippen LogP contribution in [0.5, 0.6) is 0 Å². The summed E-state index contributed by atoms with van der Waals surface area (Å²) in [7, 11) is 0. The van der Waals surface area contributed by atoms with E-state index in [0.29, 0.717) is 23.2 Å². The molecule has 2 unspecified atom stereocenters. The topological polar surface area (TPSA) is 76.1 Å². The molecule has 3 aromatic rings. The molecule has 0 radical (unpaired) electrons. The fraction of sp³-hybridized carbons (Fsp3) is 0.346. The Bertz CT molecular complexity index is 1240. The largest absolute Gasteiger partial charge is 0.461 e. The Morgan fingerprint density at radius 3 is 2.91 bits per heavy atom. The molecule has 2 heterocycles. The van der Waals surface area contributed by atoms with Gasteiger partial charge in [0.2, 0.25) is 5.95 Å². The van der Waals surface area contributed by atoms with Crippen LogP contribution in [0.1, 0.15) is 53.9 Å². The summed E-state index contributed by atoms with van der Waals surface area (Å²) in [5, 5.41) is 7.23. The second-order valence-corrected chi connectivity index (χ2v) is 9.49. The molecule has 6 nitrogen and oxygen atoms in total. The molecular weight excluding hydrogens is 436 g/mol. The van der Waals surface area contributed by atoms with Crippen molar-refractivity contribution in [3.05, 3.63) is 69.9 Å². The van der Waals surface area contributed by atoms with Gasteiger partial charge in [0.05, 0.1) is 6.20 Å². The van der Waals surface area contributed by atoms with E-state index >= 15 is 0 Å². The highest BCUT2D eigenvalue weighted by Crippen LogP contribution is 2.42. The van der Waals surface area contributed by atoms with Crippen LogP contribution in [0.4, 0.5) is 23.1 Å². The van der Waals surface area contributed by atoms with E-state index in [9.17, 15) is 4.79 Å². The van der Waals surface area contributed by atoms with Gasteiger partial charge in [-0.15, -0.1) is 0 Å². The number of halogens is 1. The third kappa shape index (κ3) is 3.93. The van der Waals surface area contributed by atoms with Crippen molar-refractivity contribution in [3.8, 4) is 0 Å². The van der Waals surface area contributed by atoms with Gasteiger partial charge in [-0.2, -0.15) is 4.98 Å². The SMILES string of the molecule is O=C1CCCC2c3cc(Nc4ncc(Cl)c(Nc5cccc6c5CCC6)n4)ccc3CC2O1. The first-order valence-electron chi connectivity index (χ1n) is 11.6. The molecule has 1 aliphatic heterocycles. The quantitative estimate of drug-likeness (QED) is 0.476. The molecule has 7 heteroatoms. The molecule has 1 saturated heterocycles. The maximum absolute atomic E-state index is 11.9. The summed E-state index contributed by atoms with van der Waals surface area (Å²) in [5.41, 5.74) is 7.22. The first-order chi connectivity index (χ1) is 16.1. The molecule has 1 fully saturated rings. The molecule has 2 aromatic carbocycles. The van der Waals surface area contributed by atoms with Gasteiger partial charge in [0.1, 0.15) is 11.1 Å². The highest BCUT2D eigenvalue weighted by atomic mass is 35.5. The molecule has 2 N–H and O–H groups in total. The molecule has 3 aliphatic rings. The molecule has 0 spiro atoms. The van der Waals surface area contributed by atoms with Crippen molar-refractivity contribution in [2.75, 3.05) is 10.6 Å². The highest BCUT2D eigenvalue weighted by Gasteiger charge is 2.36. The van der Waals surface area contributed by atoms with Crippen molar-refractivity contribution in [3.63, 3.8) is 0 Å². The Morgan fingerprint density at radius 2 is 1.97 bits per heavy atom. The van der Waals surface area contributed by atoms with E-state index in [1.165, 1.54) is 28.7 Å². The summed E-state index contributed by atoms with van der Waals surface area (Å²) in [5.74, 6) is 1.26. The Morgan fingerprint density at radius 1 is 1.03 bits per heavy atom. The summed E-state index contributed by atoms with van der Waals surface area (Å²) in [6.07, 6.45) is 8.09. The van der Waals surface area contributed by atoms with E-state index in [0.717, 1.165) is 43.5 Å². The first kappa shape index (κ1) is 20.5. The molecule has 33 heavy (non-hydrogen) atoms. The fourth-order valence-corrected chi connectivity index (χ4v) is 5.57. The van der Waals surface area contributed by atoms with Crippen LogP contribution in [0.3, 0.4) is 0 Å². The van der Waals surface area contributed by atoms with Crippen molar-refractivity contribution in [2.24, 2.45) is 0 Å². The molecule has 168 valence electrons. The van der Waals surface area contributed by atoms with Crippen LogP contribution in [0.15, 0.2) is 42.6 Å². The summed E-state index contributed by atoms with van der Waals surface area (Å²) >= 11 is 6.42. The third-order valence-electron chi connectivity index (χ3n) is 6.99. The van der Waals surface area contributed by atoms with Crippen LogP contribution in [-0.4, -0.2) is 22.0 Å². The van der Waals surface area contributed by atoms with Gasteiger partial charge in [0.25, 0.3) is 0 Å². The molecule has 2 atom stereocenters. The fourth-order valence-electron chi connectivity index (χ4n) is 5.43. The lowest BCUT2D eigenvalue weighted by atomic mass is 9.94. The zero-order chi connectivity index (χ0) is 22.4. The minimum atomic E-state index is -0.0766. The number of nitrogens with one attached hydrogen (secondary N) is 2. The number of ether oxygens (including phenoxy) is 1. The van der Waals surface area contributed by atoms with E-state index in [2.05, 4.69) is 50.9 Å². The van der Waals surface area contributed by atoms with Gasteiger partial charge >= 0.3 is 5.97 Å². The second-order valence-electron chi connectivity index (χ2n) is 9.08. The van der Waals surface area contributed by atoms with Crippen LogP contribution in [0, 0.1) is 0 Å². The van der Waals surface area contributed by atoms with Crippen molar-refractivity contribution >= 4 is 40.7 Å². The number of aromatic nitrogens is 2. The van der Waals surface area contributed by atoms with E-state index in [1.54, 1.807) is 6.20 Å². The van der Waals surface area contributed by atoms with Crippen LogP contribution in [0.2, 0.25) is 5.02 Å². The third-order valence-corrected chi connectivity index (χ3v) is 7.27. The number of carbonyl (C=O) groups excluding carboxylic acids is 1. The first-order valence-corrected chi connectivity index (χ1v) is 12.0. The van der Waals surface area contributed by atoms with Gasteiger partial charge in [-0.1, -0.05) is 29.8 Å². The summed E-state index contributed by atoms with van der Waals surface area (Å²) in [6.45, 7) is 0. The highest BCUT2D eigenvalue weighted by molar-refractivity contribution is 6.32. The number of carbonyl (C=O) groups is 1. The van der Waals surface area contributed by atoms with Gasteiger partial charge in [-0.25, -0.2) is 4.98 Å². The number of hydrogen-bond donors (Lipinski definition) is 2. The number of esters is 1. The molecule has 0 amide bonds. The lowest BCUT2D eigenvalue weighted by molar-refractivity contribution is -0.148. The molecule has 6 rings (SSSR count). The zero-order valence-electron chi connectivity index (χ0n) is 18.2. The number of benzene rings is 2. The lowest BCUT2D eigenvalue weighted by Gasteiger charge is -2.17. The van der Waals surface area contributed by atoms with Gasteiger partial charge in [-0.3, -0.25) is 4.79 Å². The van der Waals surface area contributed by atoms with Gasteiger partial charge in [-0.05, 0) is 72.6 Å². The predicted octanol–water partition coefficient (Wildman–Crippen LogP) is 5.84. The van der Waals surface area contributed by atoms with Gasteiger partial charge in [0, 0.05) is 30.1 Å². The Kier molecular flexibility index (Phi) is 5.18. The van der Waals surface area contributed by atoms with Crippen LogP contribution >= 0.6 is 11.6 Å². The van der Waals surface area contributed by atoms with E-state index in [-0.39, 0.29) is 18.0 Å². The molecule has 2 aliphatic carbocycles. The molecule has 1 aromatic heterocycles. The van der Waals surface area contributed by atoms with Crippen molar-refractivity contribution < 1.29 is 9.53 Å². The lowest BCUT2D eigenvalue weighted by Crippen LogP contribution is -2.19. The average molecular weight is 461 g/mol. The number of hydrogen-bond acceptors (Lipinski definition) is 6. The number of anilines is 4. The van der Waals surface area contributed by atoms with E-state index < -0.39 is 0 Å². The normalized spacial score (nSPS) is 20.9. The van der Waals surface area contributed by atoms with E-state index in [4.69, 9.17) is 16.3 Å². The summed E-state index contributed by atoms with van der Waals surface area (Å²) in [4.78, 5) is 20.9. The van der Waals surface area contributed by atoms with Crippen molar-refractivity contribution in [1.82, 2.24) is 9.97 Å². The summed E-state index contributed by atoms with van der Waals surface area (Å²) < 4.78 is 5.69. The molecule has 0 saturated carbocycles. The number of rotatable bonds is 4. The maximum Gasteiger partial charge on any atom is 0.306 e. The number of nitrogens with zero attached hydrogens (tertiary/aromatic N) is 2. The second kappa shape index (κ2) is 8.34. The Hall–Kier alpha value is -3.12.